The number of fused-ring (bicyclic) bond motifs is 1. The fourth-order valence-corrected chi connectivity index (χ4v) is 5.43. The summed E-state index contributed by atoms with van der Waals surface area (Å²) in [5.41, 5.74) is 0. The predicted octanol–water partition coefficient (Wildman–Crippen LogP) is 0.417. The highest BCUT2D eigenvalue weighted by Gasteiger charge is 2.82. The molecule has 16 heavy (non-hydrogen) atoms. The summed E-state index contributed by atoms with van der Waals surface area (Å²) in [6, 6.07) is 0. The van der Waals surface area contributed by atoms with Crippen LogP contribution in [0.2, 0.25) is 0 Å². The van der Waals surface area contributed by atoms with E-state index in [0.717, 1.165) is 0 Å². The van der Waals surface area contributed by atoms with Gasteiger partial charge in [-0.05, 0) is 18.8 Å². The van der Waals surface area contributed by atoms with Gasteiger partial charge in [0.25, 0.3) is 10.1 Å². The van der Waals surface area contributed by atoms with E-state index in [1.807, 2.05) is 0 Å². The SMILES string of the molecule is O=S1(=O)OC2C(O)C3CC2C1(C(F)(F)F)C3. The van der Waals surface area contributed by atoms with Crippen LogP contribution in [-0.2, 0) is 14.3 Å². The van der Waals surface area contributed by atoms with E-state index >= 15 is 0 Å². The Balaban J connectivity index is 2.20. The molecule has 1 saturated heterocycles. The van der Waals surface area contributed by atoms with Crippen LogP contribution in [0.15, 0.2) is 0 Å². The van der Waals surface area contributed by atoms with Crippen molar-refractivity contribution in [1.82, 2.24) is 0 Å². The van der Waals surface area contributed by atoms with Gasteiger partial charge in [0.15, 0.2) is 4.75 Å². The van der Waals surface area contributed by atoms with Gasteiger partial charge in [0.1, 0.15) is 6.10 Å². The van der Waals surface area contributed by atoms with Gasteiger partial charge < -0.3 is 5.11 Å². The standard InChI is InChI=1S/C8H9F3O4S/c9-8(10,11)7-2-3-1-4(7)6(5(3)12)15-16(7,13)14/h3-6,12H,1-2H2. The van der Waals surface area contributed by atoms with Crippen LogP contribution in [0.3, 0.4) is 0 Å². The van der Waals surface area contributed by atoms with Gasteiger partial charge in [0, 0.05) is 5.92 Å². The summed E-state index contributed by atoms with van der Waals surface area (Å²) in [6.45, 7) is 0. The molecule has 8 heteroatoms. The van der Waals surface area contributed by atoms with Gasteiger partial charge in [-0.3, -0.25) is 4.18 Å². The Morgan fingerprint density at radius 2 is 2.00 bits per heavy atom. The van der Waals surface area contributed by atoms with Crippen LogP contribution < -0.4 is 0 Å². The molecular weight excluding hydrogens is 249 g/mol. The Hall–Kier alpha value is -0.340. The third-order valence-electron chi connectivity index (χ3n) is 4.10. The quantitative estimate of drug-likeness (QED) is 0.639. The van der Waals surface area contributed by atoms with Crippen molar-refractivity contribution in [3.05, 3.63) is 0 Å². The Kier molecular flexibility index (Phi) is 1.73. The molecule has 2 saturated carbocycles. The molecule has 92 valence electrons. The molecule has 3 rings (SSSR count). The number of rotatable bonds is 0. The molecule has 5 unspecified atom stereocenters. The zero-order valence-electron chi connectivity index (χ0n) is 7.94. The molecule has 2 bridgehead atoms. The first-order chi connectivity index (χ1) is 7.21. The molecule has 1 heterocycles. The predicted molar refractivity (Wildman–Crippen MR) is 44.8 cm³/mol. The monoisotopic (exact) mass is 258 g/mol. The maximum Gasteiger partial charge on any atom is 0.410 e. The molecule has 3 aliphatic rings. The molecule has 5 atom stereocenters. The average Bonchev–Trinajstić information content (AvgIpc) is 2.66. The van der Waals surface area contributed by atoms with Gasteiger partial charge in [-0.15, -0.1) is 0 Å². The smallest absolute Gasteiger partial charge is 0.390 e. The minimum Gasteiger partial charge on any atom is -0.390 e. The Labute approximate surface area is 89.5 Å². The molecule has 0 aromatic heterocycles. The van der Waals surface area contributed by atoms with Crippen LogP contribution in [0.5, 0.6) is 0 Å². The van der Waals surface area contributed by atoms with Crippen molar-refractivity contribution >= 4 is 10.1 Å². The topological polar surface area (TPSA) is 63.6 Å². The Bertz CT molecular complexity index is 445. The van der Waals surface area contributed by atoms with E-state index < -0.39 is 51.5 Å². The third-order valence-corrected chi connectivity index (χ3v) is 6.17. The van der Waals surface area contributed by atoms with Crippen LogP contribution in [0, 0.1) is 11.8 Å². The van der Waals surface area contributed by atoms with Crippen molar-refractivity contribution in [1.29, 1.82) is 0 Å². The number of aliphatic hydroxyl groups excluding tert-OH is 1. The van der Waals surface area contributed by atoms with Crippen molar-refractivity contribution in [2.24, 2.45) is 11.8 Å². The van der Waals surface area contributed by atoms with Crippen LogP contribution in [-0.4, -0.2) is 36.7 Å². The second-order valence-corrected chi connectivity index (χ2v) is 6.53. The van der Waals surface area contributed by atoms with Gasteiger partial charge in [0.2, 0.25) is 0 Å². The molecule has 4 nitrogen and oxygen atoms in total. The first kappa shape index (κ1) is 10.8. The normalized spacial score (nSPS) is 53.5. The lowest BCUT2D eigenvalue weighted by atomic mass is 9.84. The third kappa shape index (κ3) is 0.888. The minimum atomic E-state index is -4.83. The zero-order valence-corrected chi connectivity index (χ0v) is 8.75. The molecule has 2 aliphatic carbocycles. The van der Waals surface area contributed by atoms with E-state index in [-0.39, 0.29) is 6.42 Å². The maximum absolute atomic E-state index is 13.0. The molecule has 0 aromatic carbocycles. The summed E-state index contributed by atoms with van der Waals surface area (Å²) in [6.07, 6.45) is -7.62. The summed E-state index contributed by atoms with van der Waals surface area (Å²) >= 11 is 0. The van der Waals surface area contributed by atoms with Gasteiger partial charge in [-0.2, -0.15) is 21.6 Å². The number of halogens is 3. The second-order valence-electron chi connectivity index (χ2n) is 4.70. The summed E-state index contributed by atoms with van der Waals surface area (Å²) in [4.78, 5) is 0. The summed E-state index contributed by atoms with van der Waals surface area (Å²) < 4.78 is 63.7. The van der Waals surface area contributed by atoms with E-state index in [4.69, 9.17) is 0 Å². The van der Waals surface area contributed by atoms with E-state index in [1.54, 1.807) is 0 Å². The van der Waals surface area contributed by atoms with Gasteiger partial charge >= 0.3 is 6.18 Å². The maximum atomic E-state index is 13.0. The Morgan fingerprint density at radius 3 is 2.50 bits per heavy atom. The minimum absolute atomic E-state index is 0.0740. The Morgan fingerprint density at radius 1 is 1.38 bits per heavy atom. The summed E-state index contributed by atoms with van der Waals surface area (Å²) in [5.74, 6) is -1.76. The largest absolute Gasteiger partial charge is 0.410 e. The lowest BCUT2D eigenvalue weighted by molar-refractivity contribution is -0.176. The van der Waals surface area contributed by atoms with Gasteiger partial charge in [-0.1, -0.05) is 0 Å². The van der Waals surface area contributed by atoms with Crippen molar-refractivity contribution in [3.8, 4) is 0 Å². The van der Waals surface area contributed by atoms with Crippen molar-refractivity contribution in [3.63, 3.8) is 0 Å². The fourth-order valence-electron chi connectivity index (χ4n) is 3.42. The van der Waals surface area contributed by atoms with Gasteiger partial charge in [-0.25, -0.2) is 0 Å². The number of alkyl halides is 3. The molecule has 1 aliphatic heterocycles. The van der Waals surface area contributed by atoms with Crippen LogP contribution in [0.1, 0.15) is 12.8 Å². The van der Waals surface area contributed by atoms with Gasteiger partial charge in [0.05, 0.1) is 6.10 Å². The second kappa shape index (κ2) is 2.56. The van der Waals surface area contributed by atoms with Crippen molar-refractivity contribution in [2.45, 2.75) is 36.0 Å². The van der Waals surface area contributed by atoms with E-state index in [2.05, 4.69) is 4.18 Å². The highest BCUT2D eigenvalue weighted by molar-refractivity contribution is 7.88. The first-order valence-electron chi connectivity index (χ1n) is 4.88. The summed E-state index contributed by atoms with van der Waals surface area (Å²) in [5, 5.41) is 9.56. The van der Waals surface area contributed by atoms with E-state index in [9.17, 15) is 26.7 Å². The van der Waals surface area contributed by atoms with E-state index in [0.29, 0.717) is 0 Å². The molecule has 0 spiro atoms. The molecule has 0 radical (unpaired) electrons. The number of hydrogen-bond donors (Lipinski definition) is 1. The van der Waals surface area contributed by atoms with Crippen LogP contribution in [0.25, 0.3) is 0 Å². The molecule has 1 N–H and O–H groups in total. The average molecular weight is 258 g/mol. The fraction of sp³-hybridized carbons (Fsp3) is 1.00. The van der Waals surface area contributed by atoms with Crippen molar-refractivity contribution in [2.75, 3.05) is 0 Å². The molecule has 0 amide bonds. The molecule has 3 fully saturated rings. The first-order valence-corrected chi connectivity index (χ1v) is 6.29. The highest BCUT2D eigenvalue weighted by Crippen LogP contribution is 2.65. The lowest BCUT2D eigenvalue weighted by Gasteiger charge is -2.32. The summed E-state index contributed by atoms with van der Waals surface area (Å²) in [7, 11) is -4.67. The van der Waals surface area contributed by atoms with Crippen LogP contribution >= 0.6 is 0 Å². The van der Waals surface area contributed by atoms with Crippen molar-refractivity contribution < 1.29 is 30.9 Å². The molecule has 0 aromatic rings. The number of aliphatic hydroxyl groups is 1. The highest BCUT2D eigenvalue weighted by atomic mass is 32.2. The molecular formula is C8H9F3O4S. The van der Waals surface area contributed by atoms with E-state index in [1.165, 1.54) is 0 Å². The number of hydrogen-bond acceptors (Lipinski definition) is 4. The van der Waals surface area contributed by atoms with Crippen LogP contribution in [0.4, 0.5) is 13.2 Å². The lowest BCUT2D eigenvalue weighted by Crippen LogP contribution is -2.54. The zero-order chi connectivity index (χ0) is 11.9.